The molecule has 0 bridgehead atoms. The Balaban J connectivity index is 4.03. The van der Waals surface area contributed by atoms with Gasteiger partial charge in [-0.1, -0.05) is 26.3 Å². The van der Waals surface area contributed by atoms with Crippen LogP contribution in [0.5, 0.6) is 0 Å². The van der Waals surface area contributed by atoms with Gasteiger partial charge in [0, 0.05) is 12.6 Å². The summed E-state index contributed by atoms with van der Waals surface area (Å²) in [6, 6.07) is 0. The molecule has 0 aromatic rings. The lowest BCUT2D eigenvalue weighted by molar-refractivity contribution is -0.116. The van der Waals surface area contributed by atoms with Crippen LogP contribution in [0.2, 0.25) is 0 Å². The second kappa shape index (κ2) is 5.91. The average molecular weight is 213 g/mol. The van der Waals surface area contributed by atoms with Crippen molar-refractivity contribution in [2.45, 2.75) is 47.1 Å². The molecule has 0 saturated carbocycles. The minimum atomic E-state index is -0.363. The van der Waals surface area contributed by atoms with Crippen molar-refractivity contribution in [1.29, 1.82) is 0 Å². The van der Waals surface area contributed by atoms with Gasteiger partial charge in [0.15, 0.2) is 0 Å². The topological polar surface area (TPSA) is 49.3 Å². The lowest BCUT2D eigenvalue weighted by Gasteiger charge is -2.19. The fraction of sp³-hybridized carbons (Fsp3) is 0.750. The third-order valence-corrected chi connectivity index (χ3v) is 2.39. The van der Waals surface area contributed by atoms with Crippen LogP contribution in [0.3, 0.4) is 0 Å². The molecule has 0 radical (unpaired) electrons. The molecule has 0 saturated heterocycles. The van der Waals surface area contributed by atoms with Crippen molar-refractivity contribution in [3.05, 3.63) is 11.6 Å². The molecule has 0 aliphatic carbocycles. The summed E-state index contributed by atoms with van der Waals surface area (Å²) in [5, 5.41) is 11.8. The normalized spacial score (nSPS) is 14.9. The number of carbonyl (C=O) groups is 1. The summed E-state index contributed by atoms with van der Waals surface area (Å²) in [6.07, 6.45) is 1.86. The van der Waals surface area contributed by atoms with Crippen molar-refractivity contribution in [3.63, 3.8) is 0 Å². The Hall–Kier alpha value is -0.830. The fourth-order valence-corrected chi connectivity index (χ4v) is 0.868. The van der Waals surface area contributed by atoms with Gasteiger partial charge in [-0.05, 0) is 25.7 Å². The van der Waals surface area contributed by atoms with Gasteiger partial charge in [0.1, 0.15) is 0 Å². The van der Waals surface area contributed by atoms with Crippen LogP contribution in [-0.4, -0.2) is 23.7 Å². The molecule has 15 heavy (non-hydrogen) atoms. The summed E-state index contributed by atoms with van der Waals surface area (Å²) in [5.41, 5.74) is 1.08. The van der Waals surface area contributed by atoms with Gasteiger partial charge >= 0.3 is 0 Å². The van der Waals surface area contributed by atoms with Crippen LogP contribution in [0.4, 0.5) is 0 Å². The number of aliphatic hydroxyl groups is 1. The minimum Gasteiger partial charge on any atom is -0.393 e. The maximum absolute atomic E-state index is 11.4. The van der Waals surface area contributed by atoms with E-state index in [4.69, 9.17) is 5.11 Å². The molecule has 0 fully saturated rings. The van der Waals surface area contributed by atoms with Crippen LogP contribution in [0.15, 0.2) is 11.6 Å². The van der Waals surface area contributed by atoms with Crippen molar-refractivity contribution in [2.75, 3.05) is 6.54 Å². The molecular formula is C12H23NO2. The number of carbonyl (C=O) groups excluding carboxylic acids is 1. The Labute approximate surface area is 92.6 Å². The van der Waals surface area contributed by atoms with Crippen LogP contribution in [-0.2, 0) is 4.79 Å². The fourth-order valence-electron chi connectivity index (χ4n) is 0.868. The average Bonchev–Trinajstić information content (AvgIpc) is 2.01. The maximum atomic E-state index is 11.4. The van der Waals surface area contributed by atoms with Crippen LogP contribution in [0.1, 0.15) is 41.0 Å². The first-order chi connectivity index (χ1) is 6.73. The van der Waals surface area contributed by atoms with Crippen molar-refractivity contribution in [1.82, 2.24) is 5.32 Å². The molecule has 3 heteroatoms. The highest BCUT2D eigenvalue weighted by molar-refractivity contribution is 5.88. The number of amides is 1. The van der Waals surface area contributed by atoms with Gasteiger partial charge in [0.25, 0.3) is 0 Å². The van der Waals surface area contributed by atoms with E-state index in [9.17, 15) is 4.79 Å². The largest absolute Gasteiger partial charge is 0.393 e. The Morgan fingerprint density at radius 1 is 1.47 bits per heavy atom. The number of hydrogen-bond donors (Lipinski definition) is 2. The van der Waals surface area contributed by atoms with E-state index < -0.39 is 0 Å². The molecule has 0 aliphatic heterocycles. The molecule has 1 atom stereocenters. The molecule has 0 aromatic heterocycles. The Kier molecular flexibility index (Phi) is 5.58. The Morgan fingerprint density at radius 3 is 2.40 bits per heavy atom. The molecule has 1 unspecified atom stereocenters. The third kappa shape index (κ3) is 7.14. The van der Waals surface area contributed by atoms with E-state index in [0.717, 1.165) is 5.57 Å². The van der Waals surface area contributed by atoms with Gasteiger partial charge in [-0.25, -0.2) is 0 Å². The Morgan fingerprint density at radius 2 is 2.00 bits per heavy atom. The predicted molar refractivity (Wildman–Crippen MR) is 62.5 cm³/mol. The van der Waals surface area contributed by atoms with Gasteiger partial charge < -0.3 is 10.4 Å². The van der Waals surface area contributed by atoms with Crippen LogP contribution >= 0.6 is 0 Å². The molecule has 88 valence electrons. The molecule has 0 spiro atoms. The standard InChI is InChI=1S/C12H23NO2/c1-9(12(3,4)5)8-11(15)13-7-6-10(2)14/h8,10,14H,6-7H2,1-5H3,(H,13,15)/b9-8-. The second-order valence-electron chi connectivity index (χ2n) is 5.01. The van der Waals surface area contributed by atoms with E-state index in [1.54, 1.807) is 13.0 Å². The molecule has 1 amide bonds. The first-order valence-electron chi connectivity index (χ1n) is 5.38. The highest BCUT2D eigenvalue weighted by atomic mass is 16.3. The zero-order chi connectivity index (χ0) is 12.1. The van der Waals surface area contributed by atoms with Gasteiger partial charge in [-0.3, -0.25) is 4.79 Å². The van der Waals surface area contributed by atoms with Crippen molar-refractivity contribution >= 4 is 5.91 Å². The summed E-state index contributed by atoms with van der Waals surface area (Å²) in [5.74, 6) is -0.0805. The molecule has 2 N–H and O–H groups in total. The number of hydrogen-bond acceptors (Lipinski definition) is 2. The molecule has 0 aromatic carbocycles. The third-order valence-electron chi connectivity index (χ3n) is 2.39. The summed E-state index contributed by atoms with van der Waals surface area (Å²) in [6.45, 7) is 10.4. The number of aliphatic hydroxyl groups excluding tert-OH is 1. The van der Waals surface area contributed by atoms with E-state index >= 15 is 0 Å². The summed E-state index contributed by atoms with van der Waals surface area (Å²) in [4.78, 5) is 11.4. The van der Waals surface area contributed by atoms with Crippen molar-refractivity contribution in [2.24, 2.45) is 5.41 Å². The number of rotatable bonds is 4. The summed E-state index contributed by atoms with van der Waals surface area (Å²) in [7, 11) is 0. The maximum Gasteiger partial charge on any atom is 0.243 e. The molecule has 0 aliphatic rings. The highest BCUT2D eigenvalue weighted by Gasteiger charge is 2.13. The van der Waals surface area contributed by atoms with Crippen LogP contribution < -0.4 is 5.32 Å². The van der Waals surface area contributed by atoms with E-state index in [-0.39, 0.29) is 17.4 Å². The number of allylic oxidation sites excluding steroid dienone is 1. The highest BCUT2D eigenvalue weighted by Crippen LogP contribution is 2.23. The van der Waals surface area contributed by atoms with Crippen molar-refractivity contribution < 1.29 is 9.90 Å². The molecule has 0 heterocycles. The second-order valence-corrected chi connectivity index (χ2v) is 5.01. The predicted octanol–water partition coefficient (Wildman–Crippen LogP) is 1.87. The smallest absolute Gasteiger partial charge is 0.243 e. The minimum absolute atomic E-state index is 0.0294. The molecule has 0 rings (SSSR count). The number of nitrogens with one attached hydrogen (secondary N) is 1. The molecule has 3 nitrogen and oxygen atoms in total. The van der Waals surface area contributed by atoms with E-state index in [1.165, 1.54) is 0 Å². The van der Waals surface area contributed by atoms with Gasteiger partial charge in [0.2, 0.25) is 5.91 Å². The van der Waals surface area contributed by atoms with Gasteiger partial charge in [0.05, 0.1) is 6.10 Å². The monoisotopic (exact) mass is 213 g/mol. The summed E-state index contributed by atoms with van der Waals surface area (Å²) < 4.78 is 0. The van der Waals surface area contributed by atoms with E-state index in [1.807, 2.05) is 6.92 Å². The van der Waals surface area contributed by atoms with Crippen LogP contribution in [0.25, 0.3) is 0 Å². The zero-order valence-electron chi connectivity index (χ0n) is 10.4. The summed E-state index contributed by atoms with van der Waals surface area (Å²) >= 11 is 0. The SMILES string of the molecule is C/C(=C/C(=O)NCCC(C)O)C(C)(C)C. The quantitative estimate of drug-likeness (QED) is 0.700. The van der Waals surface area contributed by atoms with E-state index in [2.05, 4.69) is 26.1 Å². The Bertz CT molecular complexity index is 236. The van der Waals surface area contributed by atoms with E-state index in [0.29, 0.717) is 13.0 Å². The lowest BCUT2D eigenvalue weighted by Crippen LogP contribution is -2.25. The lowest BCUT2D eigenvalue weighted by atomic mass is 9.87. The first kappa shape index (κ1) is 14.2. The van der Waals surface area contributed by atoms with Crippen molar-refractivity contribution in [3.8, 4) is 0 Å². The van der Waals surface area contributed by atoms with Gasteiger partial charge in [-0.15, -0.1) is 0 Å². The first-order valence-corrected chi connectivity index (χ1v) is 5.38. The zero-order valence-corrected chi connectivity index (χ0v) is 10.4. The van der Waals surface area contributed by atoms with Crippen LogP contribution in [0, 0.1) is 5.41 Å². The molecular weight excluding hydrogens is 190 g/mol. The van der Waals surface area contributed by atoms with Gasteiger partial charge in [-0.2, -0.15) is 0 Å².